The third-order valence-electron chi connectivity index (χ3n) is 3.28. The molecular weight excluding hydrogens is 388 g/mol. The summed E-state index contributed by atoms with van der Waals surface area (Å²) in [6, 6.07) is 14.4. The largest absolute Gasteiger partial charge is 0.482 e. The highest BCUT2D eigenvalue weighted by molar-refractivity contribution is 7.99. The average molecular weight is 407 g/mol. The van der Waals surface area contributed by atoms with Gasteiger partial charge in [0.05, 0.1) is 13.3 Å². The second-order valence-electron chi connectivity index (χ2n) is 5.28. The van der Waals surface area contributed by atoms with Crippen molar-refractivity contribution in [2.45, 2.75) is 11.3 Å². The average Bonchev–Trinajstić information content (AvgIpc) is 2.68. The number of amides is 1. The fourth-order valence-electron chi connectivity index (χ4n) is 1.88. The quantitative estimate of drug-likeness (QED) is 0.298. The van der Waals surface area contributed by atoms with Crippen LogP contribution >= 0.6 is 23.4 Å². The highest BCUT2D eigenvalue weighted by Crippen LogP contribution is 2.20. The van der Waals surface area contributed by atoms with E-state index in [9.17, 15) is 9.59 Å². The van der Waals surface area contributed by atoms with Gasteiger partial charge in [0.2, 0.25) is 5.91 Å². The predicted molar refractivity (Wildman–Crippen MR) is 106 cm³/mol. The molecule has 0 saturated carbocycles. The third-order valence-corrected chi connectivity index (χ3v) is 4.54. The lowest BCUT2D eigenvalue weighted by molar-refractivity contribution is -0.142. The van der Waals surface area contributed by atoms with Gasteiger partial charge in [0.1, 0.15) is 5.75 Å². The van der Waals surface area contributed by atoms with Crippen molar-refractivity contribution < 1.29 is 19.1 Å². The van der Waals surface area contributed by atoms with Gasteiger partial charge in [-0.15, -0.1) is 11.8 Å². The van der Waals surface area contributed by atoms with E-state index in [2.05, 4.69) is 15.3 Å². The molecule has 0 aliphatic heterocycles. The number of esters is 1. The number of hydrogen-bond donors (Lipinski definition) is 1. The monoisotopic (exact) mass is 406 g/mol. The molecule has 0 fully saturated rings. The molecule has 0 atom stereocenters. The van der Waals surface area contributed by atoms with E-state index in [1.807, 2.05) is 24.3 Å². The minimum Gasteiger partial charge on any atom is -0.482 e. The van der Waals surface area contributed by atoms with Gasteiger partial charge >= 0.3 is 5.97 Å². The van der Waals surface area contributed by atoms with E-state index in [-0.39, 0.29) is 12.5 Å². The second kappa shape index (κ2) is 11.3. The Bertz CT molecular complexity index is 779. The Labute approximate surface area is 166 Å². The molecule has 0 heterocycles. The maximum Gasteiger partial charge on any atom is 0.343 e. The van der Waals surface area contributed by atoms with Crippen LogP contribution in [-0.4, -0.2) is 37.6 Å². The molecule has 27 heavy (non-hydrogen) atoms. The number of carbonyl (C=O) groups is 2. The summed E-state index contributed by atoms with van der Waals surface area (Å²) < 4.78 is 9.74. The smallest absolute Gasteiger partial charge is 0.343 e. The Hall–Kier alpha value is -2.51. The summed E-state index contributed by atoms with van der Waals surface area (Å²) in [5.41, 5.74) is 3.28. The number of nitrogens with one attached hydrogen (secondary N) is 1. The Balaban J connectivity index is 1.68. The van der Waals surface area contributed by atoms with Crippen molar-refractivity contribution in [3.63, 3.8) is 0 Å². The molecule has 142 valence electrons. The predicted octanol–water partition coefficient (Wildman–Crippen LogP) is 3.52. The maximum atomic E-state index is 11.8. The summed E-state index contributed by atoms with van der Waals surface area (Å²) in [7, 11) is 1.30. The van der Waals surface area contributed by atoms with Gasteiger partial charge in [-0.05, 0) is 54.1 Å². The minimum atomic E-state index is -0.447. The maximum absolute atomic E-state index is 11.8. The van der Waals surface area contributed by atoms with E-state index in [0.29, 0.717) is 22.9 Å². The van der Waals surface area contributed by atoms with E-state index in [0.717, 1.165) is 10.5 Å². The molecule has 0 aliphatic rings. The highest BCUT2D eigenvalue weighted by Gasteiger charge is 2.02. The number of methoxy groups -OCH3 is 1. The zero-order valence-electron chi connectivity index (χ0n) is 14.7. The van der Waals surface area contributed by atoms with Crippen LogP contribution in [0, 0.1) is 0 Å². The van der Waals surface area contributed by atoms with Crippen molar-refractivity contribution in [2.75, 3.05) is 19.5 Å². The van der Waals surface area contributed by atoms with Gasteiger partial charge in [-0.3, -0.25) is 4.79 Å². The summed E-state index contributed by atoms with van der Waals surface area (Å²) >= 11 is 7.41. The number of benzene rings is 2. The van der Waals surface area contributed by atoms with Gasteiger partial charge in [0.15, 0.2) is 6.61 Å². The molecule has 2 aromatic carbocycles. The van der Waals surface area contributed by atoms with Crippen LogP contribution < -0.4 is 10.2 Å². The van der Waals surface area contributed by atoms with Crippen LogP contribution in [0.25, 0.3) is 0 Å². The standard InChI is InChI=1S/C19H19ClN2O4S/c1-25-19(24)13-26-16-6-2-14(3-7-16)12-21-22-18(23)10-11-27-17-8-4-15(20)5-9-17/h2-9,12H,10-11,13H2,1H3,(H,22,23)/b21-12-. The first-order valence-corrected chi connectivity index (χ1v) is 9.43. The molecule has 2 rings (SSSR count). The van der Waals surface area contributed by atoms with Crippen molar-refractivity contribution in [3.8, 4) is 5.75 Å². The Kier molecular flexibility index (Phi) is 8.67. The number of nitrogens with zero attached hydrogens (tertiary/aromatic N) is 1. The van der Waals surface area contributed by atoms with E-state index < -0.39 is 5.97 Å². The fourth-order valence-corrected chi connectivity index (χ4v) is 2.86. The molecule has 8 heteroatoms. The fraction of sp³-hybridized carbons (Fsp3) is 0.211. The Morgan fingerprint density at radius 1 is 1.15 bits per heavy atom. The number of ether oxygens (including phenoxy) is 2. The SMILES string of the molecule is COC(=O)COc1ccc(/C=N\NC(=O)CCSc2ccc(Cl)cc2)cc1. The number of thioether (sulfide) groups is 1. The third kappa shape index (κ3) is 8.15. The summed E-state index contributed by atoms with van der Waals surface area (Å²) in [5.74, 6) is 0.582. The molecule has 0 aromatic heterocycles. The number of carbonyl (C=O) groups excluding carboxylic acids is 2. The molecule has 2 aromatic rings. The van der Waals surface area contributed by atoms with Gasteiger partial charge < -0.3 is 9.47 Å². The van der Waals surface area contributed by atoms with Crippen LogP contribution in [0.3, 0.4) is 0 Å². The molecule has 0 saturated heterocycles. The Morgan fingerprint density at radius 2 is 1.85 bits per heavy atom. The lowest BCUT2D eigenvalue weighted by Crippen LogP contribution is -2.17. The van der Waals surface area contributed by atoms with Gasteiger partial charge in [-0.25, -0.2) is 10.2 Å². The van der Waals surface area contributed by atoms with Crippen LogP contribution in [0.15, 0.2) is 58.5 Å². The van der Waals surface area contributed by atoms with Gasteiger partial charge in [0.25, 0.3) is 0 Å². The number of hydrazone groups is 1. The number of halogens is 1. The summed E-state index contributed by atoms with van der Waals surface area (Å²) in [5, 5.41) is 4.62. The van der Waals surface area contributed by atoms with E-state index >= 15 is 0 Å². The van der Waals surface area contributed by atoms with Crippen molar-refractivity contribution in [1.82, 2.24) is 5.43 Å². The van der Waals surface area contributed by atoms with Gasteiger partial charge in [0, 0.05) is 22.1 Å². The molecular formula is C19H19ClN2O4S. The van der Waals surface area contributed by atoms with Gasteiger partial charge in [-0.2, -0.15) is 5.10 Å². The molecule has 0 aliphatic carbocycles. The molecule has 1 N–H and O–H groups in total. The van der Waals surface area contributed by atoms with Crippen LogP contribution in [-0.2, 0) is 14.3 Å². The minimum absolute atomic E-state index is 0.145. The second-order valence-corrected chi connectivity index (χ2v) is 6.88. The number of rotatable bonds is 9. The lowest BCUT2D eigenvalue weighted by atomic mass is 10.2. The first-order chi connectivity index (χ1) is 13.1. The van der Waals surface area contributed by atoms with Crippen LogP contribution in [0.4, 0.5) is 0 Å². The topological polar surface area (TPSA) is 77.0 Å². The van der Waals surface area contributed by atoms with E-state index in [1.165, 1.54) is 13.3 Å². The van der Waals surface area contributed by atoms with E-state index in [1.54, 1.807) is 36.0 Å². The summed E-state index contributed by atoms with van der Waals surface area (Å²) in [6.07, 6.45) is 1.89. The highest BCUT2D eigenvalue weighted by atomic mass is 35.5. The first kappa shape index (κ1) is 20.8. The Morgan fingerprint density at radius 3 is 2.52 bits per heavy atom. The van der Waals surface area contributed by atoms with Crippen LogP contribution in [0.1, 0.15) is 12.0 Å². The van der Waals surface area contributed by atoms with Gasteiger partial charge in [-0.1, -0.05) is 11.6 Å². The van der Waals surface area contributed by atoms with E-state index in [4.69, 9.17) is 16.3 Å². The first-order valence-electron chi connectivity index (χ1n) is 8.07. The molecule has 0 bridgehead atoms. The normalized spacial score (nSPS) is 10.6. The van der Waals surface area contributed by atoms with Crippen LogP contribution in [0.2, 0.25) is 5.02 Å². The summed E-state index contributed by atoms with van der Waals surface area (Å²) in [6.45, 7) is -0.145. The molecule has 0 unspecified atom stereocenters. The lowest BCUT2D eigenvalue weighted by Gasteiger charge is -2.04. The number of hydrogen-bond acceptors (Lipinski definition) is 6. The van der Waals surface area contributed by atoms with Crippen molar-refractivity contribution in [3.05, 3.63) is 59.1 Å². The molecule has 1 amide bonds. The van der Waals surface area contributed by atoms with Crippen molar-refractivity contribution >= 4 is 41.5 Å². The van der Waals surface area contributed by atoms with Crippen LogP contribution in [0.5, 0.6) is 5.75 Å². The van der Waals surface area contributed by atoms with Crippen molar-refractivity contribution in [2.24, 2.45) is 5.10 Å². The molecule has 0 radical (unpaired) electrons. The summed E-state index contributed by atoms with van der Waals surface area (Å²) in [4.78, 5) is 23.9. The zero-order chi connectivity index (χ0) is 19.5. The zero-order valence-corrected chi connectivity index (χ0v) is 16.3. The van der Waals surface area contributed by atoms with Crippen molar-refractivity contribution in [1.29, 1.82) is 0 Å². The molecule has 0 spiro atoms. The molecule has 6 nitrogen and oxygen atoms in total.